The van der Waals surface area contributed by atoms with Crippen molar-refractivity contribution < 1.29 is 9.53 Å². The third-order valence-corrected chi connectivity index (χ3v) is 5.68. The van der Waals surface area contributed by atoms with E-state index in [4.69, 9.17) is 4.74 Å². The van der Waals surface area contributed by atoms with Crippen molar-refractivity contribution in [1.29, 1.82) is 0 Å². The monoisotopic (exact) mass is 369 g/mol. The standard InChI is InChI=1S/C20H23N3O2S/c1-12-7-8-17(25-6)16(9-12)23-13(2)10-15(14(23)3)11-18-19(24)22(5)20(21-4)26-18/h7-11H,1-6H3/b18-11+,21-20?. The van der Waals surface area contributed by atoms with Crippen LogP contribution in [-0.2, 0) is 4.79 Å². The van der Waals surface area contributed by atoms with Crippen LogP contribution in [0.4, 0.5) is 0 Å². The molecule has 1 saturated heterocycles. The van der Waals surface area contributed by atoms with Gasteiger partial charge in [0.05, 0.1) is 17.7 Å². The van der Waals surface area contributed by atoms with Crippen LogP contribution in [0, 0.1) is 20.8 Å². The fourth-order valence-electron chi connectivity index (χ4n) is 3.17. The number of nitrogens with zero attached hydrogens (tertiary/aromatic N) is 3. The zero-order chi connectivity index (χ0) is 19.0. The summed E-state index contributed by atoms with van der Waals surface area (Å²) in [5.74, 6) is 0.802. The number of aliphatic imine (C=N–C) groups is 1. The Bertz CT molecular complexity index is 941. The van der Waals surface area contributed by atoms with Crippen LogP contribution in [0.25, 0.3) is 11.8 Å². The molecule has 0 saturated carbocycles. The second kappa shape index (κ2) is 7.03. The van der Waals surface area contributed by atoms with Crippen molar-refractivity contribution in [3.8, 4) is 11.4 Å². The molecule has 1 fully saturated rings. The molecule has 6 heteroatoms. The van der Waals surface area contributed by atoms with E-state index in [0.717, 1.165) is 33.6 Å². The van der Waals surface area contributed by atoms with Gasteiger partial charge in [-0.15, -0.1) is 0 Å². The number of hydrogen-bond acceptors (Lipinski definition) is 4. The molecule has 1 aliphatic heterocycles. The number of hydrogen-bond donors (Lipinski definition) is 0. The quantitative estimate of drug-likeness (QED) is 0.770. The van der Waals surface area contributed by atoms with Gasteiger partial charge in [0.2, 0.25) is 0 Å². The number of thioether (sulfide) groups is 1. The molecule has 26 heavy (non-hydrogen) atoms. The fraction of sp³-hybridized carbons (Fsp3) is 0.300. The van der Waals surface area contributed by atoms with Crippen LogP contribution in [0.15, 0.2) is 34.2 Å². The van der Waals surface area contributed by atoms with Crippen molar-refractivity contribution in [3.63, 3.8) is 0 Å². The van der Waals surface area contributed by atoms with Crippen molar-refractivity contribution in [3.05, 3.63) is 51.7 Å². The Labute approximate surface area is 158 Å². The second-order valence-electron chi connectivity index (χ2n) is 6.32. The molecule has 0 atom stereocenters. The summed E-state index contributed by atoms with van der Waals surface area (Å²) >= 11 is 1.40. The van der Waals surface area contributed by atoms with Gasteiger partial charge in [-0.1, -0.05) is 6.07 Å². The van der Waals surface area contributed by atoms with Gasteiger partial charge in [0.15, 0.2) is 5.17 Å². The molecule has 136 valence electrons. The molecule has 0 aliphatic carbocycles. The van der Waals surface area contributed by atoms with E-state index in [0.29, 0.717) is 4.91 Å². The Hall–Kier alpha value is -2.47. The number of carbonyl (C=O) groups is 1. The van der Waals surface area contributed by atoms with E-state index < -0.39 is 0 Å². The molecule has 1 amide bonds. The Morgan fingerprint density at radius 3 is 2.54 bits per heavy atom. The average molecular weight is 369 g/mol. The SMILES string of the molecule is CN=C1S/C(=C/c2cc(C)n(-c3cc(C)ccc3OC)c2C)C(=O)N1C. The topological polar surface area (TPSA) is 46.8 Å². The molecular weight excluding hydrogens is 346 g/mol. The summed E-state index contributed by atoms with van der Waals surface area (Å²) in [5.41, 5.74) is 5.35. The van der Waals surface area contributed by atoms with Gasteiger partial charge >= 0.3 is 0 Å². The largest absolute Gasteiger partial charge is 0.495 e. The molecule has 3 rings (SSSR count). The molecule has 0 spiro atoms. The van der Waals surface area contributed by atoms with Crippen molar-refractivity contribution in [2.75, 3.05) is 21.2 Å². The summed E-state index contributed by atoms with van der Waals surface area (Å²) in [6, 6.07) is 8.23. The van der Waals surface area contributed by atoms with Gasteiger partial charge in [0, 0.05) is 25.5 Å². The predicted molar refractivity (Wildman–Crippen MR) is 108 cm³/mol. The lowest BCUT2D eigenvalue weighted by molar-refractivity contribution is -0.121. The fourth-order valence-corrected chi connectivity index (χ4v) is 4.09. The Morgan fingerprint density at radius 1 is 1.19 bits per heavy atom. The zero-order valence-corrected chi connectivity index (χ0v) is 16.8. The Balaban J connectivity index is 2.10. The van der Waals surface area contributed by atoms with E-state index in [9.17, 15) is 4.79 Å². The third-order valence-electron chi connectivity index (χ3n) is 4.53. The van der Waals surface area contributed by atoms with Crippen LogP contribution in [0.3, 0.4) is 0 Å². The minimum Gasteiger partial charge on any atom is -0.495 e. The molecule has 1 aromatic carbocycles. The summed E-state index contributed by atoms with van der Waals surface area (Å²) < 4.78 is 7.72. The summed E-state index contributed by atoms with van der Waals surface area (Å²) in [5, 5.41) is 0.718. The van der Waals surface area contributed by atoms with Crippen molar-refractivity contribution in [2.24, 2.45) is 4.99 Å². The maximum atomic E-state index is 12.4. The minimum absolute atomic E-state index is 0.0199. The van der Waals surface area contributed by atoms with E-state index in [1.807, 2.05) is 18.2 Å². The number of amides is 1. The number of rotatable bonds is 3. The molecule has 0 bridgehead atoms. The Morgan fingerprint density at radius 2 is 1.92 bits per heavy atom. The van der Waals surface area contributed by atoms with Gasteiger partial charge in [-0.2, -0.15) is 0 Å². The lowest BCUT2D eigenvalue weighted by atomic mass is 10.2. The number of aromatic nitrogens is 1. The van der Waals surface area contributed by atoms with Crippen LogP contribution < -0.4 is 4.74 Å². The molecule has 1 aromatic heterocycles. The summed E-state index contributed by atoms with van der Waals surface area (Å²) in [7, 11) is 5.13. The molecular formula is C20H23N3O2S. The minimum atomic E-state index is -0.0199. The number of carbonyl (C=O) groups excluding carboxylic acids is 1. The second-order valence-corrected chi connectivity index (χ2v) is 7.33. The third kappa shape index (κ3) is 3.05. The van der Waals surface area contributed by atoms with Crippen molar-refractivity contribution >= 4 is 28.9 Å². The molecule has 2 heterocycles. The van der Waals surface area contributed by atoms with Crippen molar-refractivity contribution in [1.82, 2.24) is 9.47 Å². The van der Waals surface area contributed by atoms with E-state index >= 15 is 0 Å². The van der Waals surface area contributed by atoms with Crippen LogP contribution in [0.1, 0.15) is 22.5 Å². The van der Waals surface area contributed by atoms with E-state index in [-0.39, 0.29) is 5.91 Å². The van der Waals surface area contributed by atoms with E-state index in [2.05, 4.69) is 42.5 Å². The number of aryl methyl sites for hydroxylation is 2. The number of amidine groups is 1. The van der Waals surface area contributed by atoms with E-state index in [1.165, 1.54) is 17.3 Å². The van der Waals surface area contributed by atoms with Gasteiger partial charge in [-0.3, -0.25) is 14.7 Å². The number of methoxy groups -OCH3 is 1. The smallest absolute Gasteiger partial charge is 0.266 e. The van der Waals surface area contributed by atoms with Crippen molar-refractivity contribution in [2.45, 2.75) is 20.8 Å². The highest BCUT2D eigenvalue weighted by Crippen LogP contribution is 2.34. The lowest BCUT2D eigenvalue weighted by Gasteiger charge is -2.14. The van der Waals surface area contributed by atoms with E-state index in [1.54, 1.807) is 26.1 Å². The first-order valence-electron chi connectivity index (χ1n) is 8.35. The first-order chi connectivity index (χ1) is 12.4. The predicted octanol–water partition coefficient (Wildman–Crippen LogP) is 3.94. The van der Waals surface area contributed by atoms with Gasteiger partial charge in [0.1, 0.15) is 5.75 Å². The average Bonchev–Trinajstić information content (AvgIpc) is 3.05. The summed E-state index contributed by atoms with van der Waals surface area (Å²) in [6.45, 7) is 6.19. The zero-order valence-electron chi connectivity index (χ0n) is 16.0. The number of ether oxygens (including phenoxy) is 1. The Kier molecular flexibility index (Phi) is 4.96. The van der Waals surface area contributed by atoms with Gasteiger partial charge in [-0.05, 0) is 67.9 Å². The molecule has 0 radical (unpaired) electrons. The highest BCUT2D eigenvalue weighted by atomic mass is 32.2. The maximum Gasteiger partial charge on any atom is 0.266 e. The van der Waals surface area contributed by atoms with Gasteiger partial charge in [-0.25, -0.2) is 0 Å². The van der Waals surface area contributed by atoms with Crippen LogP contribution in [0.5, 0.6) is 5.75 Å². The maximum absolute atomic E-state index is 12.4. The number of benzene rings is 1. The normalized spacial score (nSPS) is 17.6. The molecule has 5 nitrogen and oxygen atoms in total. The molecule has 1 aliphatic rings. The molecule has 2 aromatic rings. The van der Waals surface area contributed by atoms with Crippen LogP contribution in [-0.4, -0.2) is 41.7 Å². The van der Waals surface area contributed by atoms with Gasteiger partial charge < -0.3 is 9.30 Å². The summed E-state index contributed by atoms with van der Waals surface area (Å²) in [4.78, 5) is 18.9. The highest BCUT2D eigenvalue weighted by molar-refractivity contribution is 8.18. The molecule has 0 unspecified atom stereocenters. The first kappa shape index (κ1) is 18.3. The van der Waals surface area contributed by atoms with Gasteiger partial charge in [0.25, 0.3) is 5.91 Å². The highest BCUT2D eigenvalue weighted by Gasteiger charge is 2.30. The lowest BCUT2D eigenvalue weighted by Crippen LogP contribution is -2.23. The molecule has 0 N–H and O–H groups in total. The first-order valence-corrected chi connectivity index (χ1v) is 9.17. The number of likely N-dealkylation sites (N-methyl/N-ethyl adjacent to an activating group) is 1. The summed E-state index contributed by atoms with van der Waals surface area (Å²) in [6.07, 6.45) is 1.95. The van der Waals surface area contributed by atoms with Crippen LogP contribution >= 0.6 is 11.8 Å². The van der Waals surface area contributed by atoms with Crippen LogP contribution in [0.2, 0.25) is 0 Å².